The van der Waals surface area contributed by atoms with E-state index in [2.05, 4.69) is 10.6 Å². The summed E-state index contributed by atoms with van der Waals surface area (Å²) in [4.78, 5) is 36.2. The van der Waals surface area contributed by atoms with Crippen molar-refractivity contribution in [2.24, 2.45) is 0 Å². The summed E-state index contributed by atoms with van der Waals surface area (Å²) in [5.74, 6) is -1.91. The molecule has 1 heterocycles. The molecule has 1 aliphatic rings. The highest BCUT2D eigenvalue weighted by atomic mass is 19.1. The summed E-state index contributed by atoms with van der Waals surface area (Å²) in [5.41, 5.74) is 0.768. The minimum atomic E-state index is -1.13. The summed E-state index contributed by atoms with van der Waals surface area (Å²) in [6, 6.07) is 12.2. The van der Waals surface area contributed by atoms with Gasteiger partial charge in [-0.3, -0.25) is 14.4 Å². The molecule has 0 saturated heterocycles. The van der Waals surface area contributed by atoms with Crippen molar-refractivity contribution in [3.8, 4) is 5.75 Å². The first kappa shape index (κ1) is 18.4. The number of nitrogens with one attached hydrogen (secondary N) is 2. The molecule has 140 valence electrons. The van der Waals surface area contributed by atoms with Gasteiger partial charge >= 0.3 is 5.97 Å². The number of carbonyl (C=O) groups is 3. The van der Waals surface area contributed by atoms with Crippen LogP contribution in [0.25, 0.3) is 0 Å². The van der Waals surface area contributed by atoms with Crippen molar-refractivity contribution in [3.63, 3.8) is 0 Å². The Labute approximate surface area is 154 Å². The maximum Gasteiger partial charge on any atom is 0.310 e. The average Bonchev–Trinajstić information content (AvgIpc) is 2.62. The Balaban J connectivity index is 1.54. The van der Waals surface area contributed by atoms with Gasteiger partial charge in [0.15, 0.2) is 12.2 Å². The molecular weight excluding hydrogens is 355 g/mol. The first-order valence-electron chi connectivity index (χ1n) is 8.25. The Hall–Kier alpha value is -3.42. The van der Waals surface area contributed by atoms with Gasteiger partial charge in [0.25, 0.3) is 11.8 Å². The molecule has 0 fully saturated rings. The van der Waals surface area contributed by atoms with Crippen LogP contribution < -0.4 is 15.4 Å². The summed E-state index contributed by atoms with van der Waals surface area (Å²) in [5, 5.41) is 5.09. The molecule has 2 amide bonds. The molecule has 2 N–H and O–H groups in total. The van der Waals surface area contributed by atoms with Crippen LogP contribution in [0.2, 0.25) is 0 Å². The van der Waals surface area contributed by atoms with Crippen LogP contribution in [-0.2, 0) is 19.1 Å². The Morgan fingerprint density at radius 3 is 2.81 bits per heavy atom. The Morgan fingerprint density at radius 1 is 1.26 bits per heavy atom. The van der Waals surface area contributed by atoms with Gasteiger partial charge in [-0.1, -0.05) is 18.2 Å². The van der Waals surface area contributed by atoms with E-state index in [4.69, 9.17) is 9.47 Å². The van der Waals surface area contributed by atoms with Gasteiger partial charge in [0.05, 0.1) is 12.1 Å². The van der Waals surface area contributed by atoms with E-state index in [0.717, 1.165) is 6.07 Å². The van der Waals surface area contributed by atoms with E-state index in [-0.39, 0.29) is 12.1 Å². The van der Waals surface area contributed by atoms with Gasteiger partial charge in [-0.25, -0.2) is 4.39 Å². The zero-order valence-electron chi connectivity index (χ0n) is 14.4. The molecule has 1 aliphatic heterocycles. The van der Waals surface area contributed by atoms with Crippen LogP contribution in [0.1, 0.15) is 13.3 Å². The number of para-hydroxylation sites is 2. The second kappa shape index (κ2) is 7.86. The van der Waals surface area contributed by atoms with Crippen LogP contribution in [0, 0.1) is 5.82 Å². The largest absolute Gasteiger partial charge is 0.478 e. The second-order valence-corrected chi connectivity index (χ2v) is 5.93. The SMILES string of the molecule is C[C@@H](OC(=O)C[C@@H]1Oc2ccccc2NC1=O)C(=O)Nc1cccc(F)c1. The highest BCUT2D eigenvalue weighted by Gasteiger charge is 2.31. The first-order chi connectivity index (χ1) is 12.9. The van der Waals surface area contributed by atoms with Crippen molar-refractivity contribution < 1.29 is 28.2 Å². The van der Waals surface area contributed by atoms with Gasteiger partial charge in [0.2, 0.25) is 0 Å². The maximum atomic E-state index is 13.1. The van der Waals surface area contributed by atoms with Crippen LogP contribution in [0.3, 0.4) is 0 Å². The van der Waals surface area contributed by atoms with E-state index < -0.39 is 35.8 Å². The molecule has 0 saturated carbocycles. The van der Waals surface area contributed by atoms with Crippen LogP contribution in [0.5, 0.6) is 5.75 Å². The van der Waals surface area contributed by atoms with Gasteiger partial charge in [0, 0.05) is 5.69 Å². The number of hydrogen-bond donors (Lipinski definition) is 2. The average molecular weight is 372 g/mol. The number of anilines is 2. The number of esters is 1. The number of rotatable bonds is 5. The van der Waals surface area contributed by atoms with Gasteiger partial charge in [-0.05, 0) is 37.3 Å². The Bertz CT molecular complexity index is 886. The number of halogens is 1. The Morgan fingerprint density at radius 2 is 2.04 bits per heavy atom. The van der Waals surface area contributed by atoms with E-state index in [1.165, 1.54) is 25.1 Å². The van der Waals surface area contributed by atoms with Crippen molar-refractivity contribution in [3.05, 3.63) is 54.3 Å². The lowest BCUT2D eigenvalue weighted by Gasteiger charge is -2.25. The molecule has 2 aromatic rings. The van der Waals surface area contributed by atoms with E-state index in [9.17, 15) is 18.8 Å². The minimum Gasteiger partial charge on any atom is -0.478 e. The third-order valence-corrected chi connectivity index (χ3v) is 3.83. The second-order valence-electron chi connectivity index (χ2n) is 5.93. The minimum absolute atomic E-state index is 0.245. The fourth-order valence-corrected chi connectivity index (χ4v) is 2.49. The van der Waals surface area contributed by atoms with Gasteiger partial charge < -0.3 is 20.1 Å². The molecule has 3 rings (SSSR count). The molecule has 0 aromatic heterocycles. The maximum absolute atomic E-state index is 13.1. The fourth-order valence-electron chi connectivity index (χ4n) is 2.49. The standard InChI is InChI=1S/C19H17FN2O5/c1-11(18(24)21-13-6-4-5-12(20)9-13)26-17(23)10-16-19(25)22-14-7-2-3-8-15(14)27-16/h2-9,11,16H,10H2,1H3,(H,21,24)(H,22,25)/t11-,16+/m1/s1. The summed E-state index contributed by atoms with van der Waals surface area (Å²) >= 11 is 0. The monoisotopic (exact) mass is 372 g/mol. The van der Waals surface area contributed by atoms with Gasteiger partial charge in [0.1, 0.15) is 11.6 Å². The third-order valence-electron chi connectivity index (χ3n) is 3.83. The lowest BCUT2D eigenvalue weighted by molar-refractivity contribution is -0.155. The summed E-state index contributed by atoms with van der Waals surface area (Å²) in [6.07, 6.45) is -2.52. The molecule has 0 radical (unpaired) electrons. The number of fused-ring (bicyclic) bond motifs is 1. The molecule has 7 nitrogen and oxygen atoms in total. The van der Waals surface area contributed by atoms with Gasteiger partial charge in [-0.15, -0.1) is 0 Å². The van der Waals surface area contributed by atoms with Crippen LogP contribution in [0.15, 0.2) is 48.5 Å². The number of benzene rings is 2. The van der Waals surface area contributed by atoms with Crippen LogP contribution in [0.4, 0.5) is 15.8 Å². The normalized spacial score (nSPS) is 16.4. The molecule has 8 heteroatoms. The molecule has 27 heavy (non-hydrogen) atoms. The summed E-state index contributed by atoms with van der Waals surface area (Å²) in [6.45, 7) is 1.38. The fraction of sp³-hybridized carbons (Fsp3) is 0.211. The van der Waals surface area contributed by atoms with Crippen molar-refractivity contribution in [1.82, 2.24) is 0 Å². The molecule has 0 aliphatic carbocycles. The van der Waals surface area contributed by atoms with E-state index in [1.54, 1.807) is 24.3 Å². The third kappa shape index (κ3) is 4.60. The number of carbonyl (C=O) groups excluding carboxylic acids is 3. The lowest BCUT2D eigenvalue weighted by atomic mass is 10.1. The number of hydrogen-bond acceptors (Lipinski definition) is 5. The van der Waals surface area contributed by atoms with E-state index >= 15 is 0 Å². The number of amides is 2. The molecule has 2 aromatic carbocycles. The zero-order valence-corrected chi connectivity index (χ0v) is 14.4. The number of ether oxygens (including phenoxy) is 2. The highest BCUT2D eigenvalue weighted by molar-refractivity contribution is 6.00. The van der Waals surface area contributed by atoms with Gasteiger partial charge in [-0.2, -0.15) is 0 Å². The molecular formula is C19H17FN2O5. The highest BCUT2D eigenvalue weighted by Crippen LogP contribution is 2.29. The first-order valence-corrected chi connectivity index (χ1v) is 8.25. The molecule has 0 bridgehead atoms. The Kier molecular flexibility index (Phi) is 5.35. The lowest BCUT2D eigenvalue weighted by Crippen LogP contribution is -2.40. The molecule has 0 spiro atoms. The van der Waals surface area contributed by atoms with Crippen molar-refractivity contribution in [1.29, 1.82) is 0 Å². The van der Waals surface area contributed by atoms with Crippen molar-refractivity contribution >= 4 is 29.2 Å². The predicted octanol–water partition coefficient (Wildman–Crippen LogP) is 2.49. The van der Waals surface area contributed by atoms with E-state index in [0.29, 0.717) is 11.4 Å². The van der Waals surface area contributed by atoms with Crippen LogP contribution >= 0.6 is 0 Å². The predicted molar refractivity (Wildman–Crippen MR) is 94.7 cm³/mol. The van der Waals surface area contributed by atoms with Crippen molar-refractivity contribution in [2.75, 3.05) is 10.6 Å². The molecule has 2 atom stereocenters. The quantitative estimate of drug-likeness (QED) is 0.787. The topological polar surface area (TPSA) is 93.7 Å². The van der Waals surface area contributed by atoms with Crippen LogP contribution in [-0.4, -0.2) is 30.0 Å². The van der Waals surface area contributed by atoms with Crippen molar-refractivity contribution in [2.45, 2.75) is 25.6 Å². The zero-order chi connectivity index (χ0) is 19.4. The summed E-state index contributed by atoms with van der Waals surface area (Å²) in [7, 11) is 0. The summed E-state index contributed by atoms with van der Waals surface area (Å²) < 4.78 is 23.7. The van der Waals surface area contributed by atoms with E-state index in [1.807, 2.05) is 0 Å². The molecule has 0 unspecified atom stereocenters. The smallest absolute Gasteiger partial charge is 0.310 e.